The van der Waals surface area contributed by atoms with Crippen LogP contribution >= 0.6 is 11.6 Å². The normalized spacial score (nSPS) is 11.9. The van der Waals surface area contributed by atoms with Gasteiger partial charge in [0.05, 0.1) is 10.6 Å². The van der Waals surface area contributed by atoms with Gasteiger partial charge in [0.1, 0.15) is 6.04 Å². The molecule has 0 aliphatic rings. The van der Waals surface area contributed by atoms with Gasteiger partial charge in [-0.3, -0.25) is 4.79 Å². The van der Waals surface area contributed by atoms with Gasteiger partial charge in [-0.25, -0.2) is 4.79 Å². The zero-order valence-corrected chi connectivity index (χ0v) is 13.7. The number of hydrogen-bond donors (Lipinski definition) is 2. The van der Waals surface area contributed by atoms with Crippen molar-refractivity contribution in [2.45, 2.75) is 57.9 Å². The second kappa shape index (κ2) is 10.2. The van der Waals surface area contributed by atoms with Crippen LogP contribution in [0.3, 0.4) is 0 Å². The van der Waals surface area contributed by atoms with E-state index in [1.807, 2.05) is 0 Å². The molecule has 0 radical (unpaired) electrons. The topological polar surface area (TPSA) is 66.4 Å². The van der Waals surface area contributed by atoms with Crippen molar-refractivity contribution in [1.29, 1.82) is 0 Å². The minimum Gasteiger partial charge on any atom is -0.480 e. The molecule has 0 bridgehead atoms. The lowest BCUT2D eigenvalue weighted by Gasteiger charge is -2.15. The van der Waals surface area contributed by atoms with Crippen LogP contribution < -0.4 is 5.32 Å². The van der Waals surface area contributed by atoms with Crippen molar-refractivity contribution in [3.8, 4) is 0 Å². The number of carbonyl (C=O) groups is 2. The van der Waals surface area contributed by atoms with Gasteiger partial charge >= 0.3 is 5.97 Å². The first-order valence-electron chi connectivity index (χ1n) is 7.84. The molecular formula is C17H24ClNO3. The maximum absolute atomic E-state index is 12.1. The number of aliphatic carboxylic acids is 1. The van der Waals surface area contributed by atoms with E-state index in [1.165, 1.54) is 19.3 Å². The number of carboxylic acids is 1. The van der Waals surface area contributed by atoms with Gasteiger partial charge in [-0.2, -0.15) is 0 Å². The quantitative estimate of drug-likeness (QED) is 0.631. The van der Waals surface area contributed by atoms with Crippen LogP contribution in [0.15, 0.2) is 24.3 Å². The number of carboxylic acid groups (broad SMARTS) is 1. The first-order chi connectivity index (χ1) is 10.6. The highest BCUT2D eigenvalue weighted by atomic mass is 35.5. The highest BCUT2D eigenvalue weighted by Gasteiger charge is 2.21. The van der Waals surface area contributed by atoms with E-state index in [0.717, 1.165) is 19.3 Å². The minimum absolute atomic E-state index is 0.304. The molecule has 0 saturated carbocycles. The summed E-state index contributed by atoms with van der Waals surface area (Å²) in [6, 6.07) is 5.75. The van der Waals surface area contributed by atoms with Gasteiger partial charge in [0.15, 0.2) is 0 Å². The number of nitrogens with one attached hydrogen (secondary N) is 1. The van der Waals surface area contributed by atoms with Crippen LogP contribution in [0.2, 0.25) is 5.02 Å². The summed E-state index contributed by atoms with van der Waals surface area (Å²) in [5.41, 5.74) is 0.304. The molecule has 4 nitrogen and oxygen atoms in total. The van der Waals surface area contributed by atoms with Crippen molar-refractivity contribution in [3.63, 3.8) is 0 Å². The fourth-order valence-corrected chi connectivity index (χ4v) is 2.49. The predicted octanol–water partition coefficient (Wildman–Crippen LogP) is 4.27. The molecule has 122 valence electrons. The molecule has 0 fully saturated rings. The molecule has 0 aliphatic heterocycles. The largest absolute Gasteiger partial charge is 0.480 e. The third-order valence-electron chi connectivity index (χ3n) is 3.57. The van der Waals surface area contributed by atoms with E-state index in [1.54, 1.807) is 24.3 Å². The first kappa shape index (κ1) is 18.5. The molecule has 0 aromatic heterocycles. The summed E-state index contributed by atoms with van der Waals surface area (Å²) in [4.78, 5) is 23.4. The van der Waals surface area contributed by atoms with E-state index in [2.05, 4.69) is 12.2 Å². The lowest BCUT2D eigenvalue weighted by atomic mass is 10.1. The first-order valence-corrected chi connectivity index (χ1v) is 8.22. The second-order valence-electron chi connectivity index (χ2n) is 5.40. The fraction of sp³-hybridized carbons (Fsp3) is 0.529. The highest BCUT2D eigenvalue weighted by molar-refractivity contribution is 6.33. The van der Waals surface area contributed by atoms with Crippen LogP contribution in [0.4, 0.5) is 0 Å². The van der Waals surface area contributed by atoms with E-state index in [-0.39, 0.29) is 0 Å². The Hall–Kier alpha value is -1.55. The summed E-state index contributed by atoms with van der Waals surface area (Å²) in [7, 11) is 0. The average Bonchev–Trinajstić information content (AvgIpc) is 2.49. The number of halogens is 1. The zero-order valence-electron chi connectivity index (χ0n) is 13.0. The number of unbranched alkanes of at least 4 members (excludes halogenated alkanes) is 5. The smallest absolute Gasteiger partial charge is 0.326 e. The van der Waals surface area contributed by atoms with Crippen LogP contribution in [-0.2, 0) is 4.79 Å². The Morgan fingerprint density at radius 1 is 1.14 bits per heavy atom. The second-order valence-corrected chi connectivity index (χ2v) is 5.81. The molecule has 0 unspecified atom stereocenters. The van der Waals surface area contributed by atoms with Crippen LogP contribution in [0, 0.1) is 0 Å². The van der Waals surface area contributed by atoms with E-state index in [9.17, 15) is 14.7 Å². The summed E-state index contributed by atoms with van der Waals surface area (Å²) < 4.78 is 0. The SMILES string of the molecule is CCCCCCCC[C@@H](NC(=O)c1ccccc1Cl)C(=O)O. The van der Waals surface area contributed by atoms with Crippen molar-refractivity contribution in [1.82, 2.24) is 5.32 Å². The van der Waals surface area contributed by atoms with Crippen LogP contribution in [0.5, 0.6) is 0 Å². The average molecular weight is 326 g/mol. The molecule has 1 aromatic rings. The van der Waals surface area contributed by atoms with E-state index in [4.69, 9.17) is 11.6 Å². The van der Waals surface area contributed by atoms with Crippen LogP contribution in [0.25, 0.3) is 0 Å². The molecule has 0 spiro atoms. The maximum atomic E-state index is 12.1. The van der Waals surface area contributed by atoms with Gasteiger partial charge in [0, 0.05) is 0 Å². The predicted molar refractivity (Wildman–Crippen MR) is 88.3 cm³/mol. The maximum Gasteiger partial charge on any atom is 0.326 e. The summed E-state index contributed by atoms with van der Waals surface area (Å²) in [6.07, 6.45) is 6.92. The molecule has 0 heterocycles. The van der Waals surface area contributed by atoms with Gasteiger partial charge in [-0.1, -0.05) is 69.2 Å². The zero-order chi connectivity index (χ0) is 16.4. The van der Waals surface area contributed by atoms with Gasteiger partial charge in [0.2, 0.25) is 0 Å². The van der Waals surface area contributed by atoms with Crippen molar-refractivity contribution in [2.75, 3.05) is 0 Å². The highest BCUT2D eigenvalue weighted by Crippen LogP contribution is 2.15. The molecular weight excluding hydrogens is 302 g/mol. The summed E-state index contributed by atoms with van der Waals surface area (Å²) in [6.45, 7) is 2.16. The lowest BCUT2D eigenvalue weighted by molar-refractivity contribution is -0.139. The summed E-state index contributed by atoms with van der Waals surface area (Å²) >= 11 is 5.95. The monoisotopic (exact) mass is 325 g/mol. The fourth-order valence-electron chi connectivity index (χ4n) is 2.27. The van der Waals surface area contributed by atoms with Gasteiger partial charge < -0.3 is 10.4 Å². The van der Waals surface area contributed by atoms with Gasteiger partial charge in [-0.15, -0.1) is 0 Å². The Balaban J connectivity index is 2.45. The third-order valence-corrected chi connectivity index (χ3v) is 3.90. The molecule has 0 saturated heterocycles. The number of hydrogen-bond acceptors (Lipinski definition) is 2. The molecule has 1 rings (SSSR count). The van der Waals surface area contributed by atoms with E-state index < -0.39 is 17.9 Å². The van der Waals surface area contributed by atoms with Crippen molar-refractivity contribution in [3.05, 3.63) is 34.9 Å². The summed E-state index contributed by atoms with van der Waals surface area (Å²) in [5.74, 6) is -1.45. The van der Waals surface area contributed by atoms with Gasteiger partial charge in [-0.05, 0) is 18.6 Å². The Bertz CT molecular complexity index is 491. The molecule has 5 heteroatoms. The number of rotatable bonds is 10. The van der Waals surface area contributed by atoms with Crippen molar-refractivity contribution < 1.29 is 14.7 Å². The van der Waals surface area contributed by atoms with Gasteiger partial charge in [0.25, 0.3) is 5.91 Å². The number of benzene rings is 1. The minimum atomic E-state index is -1.01. The molecule has 1 amide bonds. The molecule has 22 heavy (non-hydrogen) atoms. The molecule has 1 atom stereocenters. The van der Waals surface area contributed by atoms with Crippen LogP contribution in [0.1, 0.15) is 62.2 Å². The lowest BCUT2D eigenvalue weighted by Crippen LogP contribution is -2.40. The third kappa shape index (κ3) is 6.48. The molecule has 2 N–H and O–H groups in total. The Morgan fingerprint density at radius 3 is 2.41 bits per heavy atom. The van der Waals surface area contributed by atoms with Crippen molar-refractivity contribution >= 4 is 23.5 Å². The van der Waals surface area contributed by atoms with Crippen molar-refractivity contribution in [2.24, 2.45) is 0 Å². The Labute approximate surface area is 136 Å². The molecule has 1 aromatic carbocycles. The molecule has 0 aliphatic carbocycles. The Kier molecular flexibility index (Phi) is 8.60. The number of amides is 1. The Morgan fingerprint density at radius 2 is 1.77 bits per heavy atom. The standard InChI is InChI=1S/C17H24ClNO3/c1-2-3-4-5-6-7-12-15(17(21)22)19-16(20)13-10-8-9-11-14(13)18/h8-11,15H,2-7,12H2,1H3,(H,19,20)(H,21,22)/t15-/m1/s1. The number of carbonyl (C=O) groups excluding carboxylic acids is 1. The summed E-state index contributed by atoms with van der Waals surface area (Å²) in [5, 5.41) is 12.1. The van der Waals surface area contributed by atoms with E-state index in [0.29, 0.717) is 17.0 Å². The van der Waals surface area contributed by atoms with Crippen LogP contribution in [-0.4, -0.2) is 23.0 Å². The van der Waals surface area contributed by atoms with E-state index >= 15 is 0 Å².